The molecule has 4 bridgehead atoms. The average molecular weight is 387 g/mol. The lowest BCUT2D eigenvalue weighted by Crippen LogP contribution is -2.58. The van der Waals surface area contributed by atoms with Crippen molar-refractivity contribution in [2.75, 3.05) is 7.05 Å². The first-order chi connectivity index (χ1) is 11.4. The maximum atomic E-state index is 13.3. The number of amides is 1. The van der Waals surface area contributed by atoms with Crippen LogP contribution in [0, 0.1) is 28.6 Å². The summed E-state index contributed by atoms with van der Waals surface area (Å²) in [5.74, 6) is 1.76. The van der Waals surface area contributed by atoms with E-state index in [1.807, 2.05) is 36.2 Å². The van der Waals surface area contributed by atoms with E-state index in [0.717, 1.165) is 36.7 Å². The minimum absolute atomic E-state index is 0.144. The van der Waals surface area contributed by atoms with E-state index in [9.17, 15) is 4.79 Å². The van der Waals surface area contributed by atoms with Crippen LogP contribution in [-0.2, 0) is 11.3 Å². The summed E-state index contributed by atoms with van der Waals surface area (Å²) >= 11 is 3.99. The lowest BCUT2D eigenvalue weighted by atomic mass is 9.49. The van der Waals surface area contributed by atoms with Gasteiger partial charge in [-0.05, 0) is 68.1 Å². The first-order valence-corrected chi connectivity index (χ1v) is 9.64. The summed E-state index contributed by atoms with van der Waals surface area (Å²) in [6.07, 6.45) is 6.97. The summed E-state index contributed by atoms with van der Waals surface area (Å²) in [7, 11) is 1.93. The predicted molar refractivity (Wildman–Crippen MR) is 96.4 cm³/mol. The Hall–Kier alpha value is -1.34. The van der Waals surface area contributed by atoms with Gasteiger partial charge in [-0.1, -0.05) is 28.1 Å². The van der Waals surface area contributed by atoms with Crippen LogP contribution in [0.3, 0.4) is 0 Å². The van der Waals surface area contributed by atoms with Crippen molar-refractivity contribution in [3.05, 3.63) is 35.4 Å². The van der Waals surface area contributed by atoms with Gasteiger partial charge in [-0.2, -0.15) is 5.26 Å². The third-order valence-corrected chi connectivity index (χ3v) is 7.22. The van der Waals surface area contributed by atoms with Crippen molar-refractivity contribution in [1.29, 1.82) is 5.26 Å². The number of hydrogen-bond acceptors (Lipinski definition) is 2. The van der Waals surface area contributed by atoms with E-state index < -0.39 is 0 Å². The Morgan fingerprint density at radius 3 is 2.42 bits per heavy atom. The Labute approximate surface area is 152 Å². The number of carbonyl (C=O) groups is 1. The molecule has 0 heterocycles. The highest BCUT2D eigenvalue weighted by atomic mass is 79.9. The maximum absolute atomic E-state index is 13.3. The van der Waals surface area contributed by atoms with E-state index in [2.05, 4.69) is 22.0 Å². The molecule has 4 aliphatic rings. The maximum Gasteiger partial charge on any atom is 0.228 e. The number of carbonyl (C=O) groups excluding carboxylic acids is 1. The highest BCUT2D eigenvalue weighted by Gasteiger charge is 2.60. The van der Waals surface area contributed by atoms with Gasteiger partial charge >= 0.3 is 0 Å². The summed E-state index contributed by atoms with van der Waals surface area (Å²) in [5, 5.41) is 8.90. The molecule has 0 saturated heterocycles. The summed E-state index contributed by atoms with van der Waals surface area (Å²) in [5.41, 5.74) is 1.60. The van der Waals surface area contributed by atoms with E-state index >= 15 is 0 Å². The molecule has 4 fully saturated rings. The molecule has 1 aromatic rings. The molecule has 0 aliphatic heterocycles. The Bertz CT molecular complexity index is 691. The molecule has 0 N–H and O–H groups in total. The molecule has 4 aliphatic carbocycles. The quantitative estimate of drug-likeness (QED) is 0.728. The minimum Gasteiger partial charge on any atom is -0.341 e. The topological polar surface area (TPSA) is 44.1 Å². The van der Waals surface area contributed by atoms with Gasteiger partial charge in [-0.3, -0.25) is 4.79 Å². The number of halogens is 1. The van der Waals surface area contributed by atoms with Crippen LogP contribution in [-0.4, -0.2) is 22.2 Å². The van der Waals surface area contributed by atoms with Crippen molar-refractivity contribution >= 4 is 21.8 Å². The number of nitriles is 1. The first kappa shape index (κ1) is 16.1. The van der Waals surface area contributed by atoms with E-state index in [4.69, 9.17) is 5.26 Å². The molecule has 0 radical (unpaired) electrons. The highest BCUT2D eigenvalue weighted by Crippen LogP contribution is 2.64. The third kappa shape index (κ3) is 2.67. The summed E-state index contributed by atoms with van der Waals surface area (Å²) < 4.78 is 0.210. The fraction of sp³-hybridized carbons (Fsp3) is 0.600. The third-order valence-electron chi connectivity index (χ3n) is 6.29. The van der Waals surface area contributed by atoms with Crippen LogP contribution in [0.1, 0.15) is 49.7 Å². The van der Waals surface area contributed by atoms with Crippen molar-refractivity contribution in [3.8, 4) is 6.07 Å². The van der Waals surface area contributed by atoms with Gasteiger partial charge in [0.25, 0.3) is 0 Å². The SMILES string of the molecule is CN(Cc1ccc(C#N)cc1)C(=O)C12CC3CC(CC(Br)(C3)C1)C2. The molecule has 3 nitrogen and oxygen atoms in total. The van der Waals surface area contributed by atoms with Gasteiger partial charge in [0.1, 0.15) is 0 Å². The fourth-order valence-electron chi connectivity index (χ4n) is 5.84. The second-order valence-electron chi connectivity index (χ2n) is 8.36. The largest absolute Gasteiger partial charge is 0.341 e. The molecule has 0 spiro atoms. The fourth-order valence-corrected chi connectivity index (χ4v) is 7.29. The normalized spacial score (nSPS) is 36.4. The standard InChI is InChI=1S/C20H23BrN2O/c1-23(12-15-4-2-14(11-22)3-5-15)18(24)19-7-16-6-17(8-19)10-20(21,9-16)13-19/h2-5,16-17H,6-10,12-13H2,1H3. The summed E-state index contributed by atoms with van der Waals surface area (Å²) in [6, 6.07) is 9.69. The Balaban J connectivity index is 1.51. The molecule has 24 heavy (non-hydrogen) atoms. The first-order valence-electron chi connectivity index (χ1n) is 8.85. The average Bonchev–Trinajstić information content (AvgIpc) is 2.52. The molecular weight excluding hydrogens is 364 g/mol. The predicted octanol–water partition coefficient (Wildman–Crippen LogP) is 4.25. The molecule has 4 heteroatoms. The van der Waals surface area contributed by atoms with Crippen molar-refractivity contribution in [2.24, 2.45) is 17.3 Å². The van der Waals surface area contributed by atoms with Gasteiger partial charge in [-0.25, -0.2) is 0 Å². The van der Waals surface area contributed by atoms with Gasteiger partial charge in [0.2, 0.25) is 5.91 Å². The van der Waals surface area contributed by atoms with E-state index in [1.54, 1.807) is 0 Å². The van der Waals surface area contributed by atoms with Gasteiger partial charge in [-0.15, -0.1) is 0 Å². The van der Waals surface area contributed by atoms with Crippen molar-refractivity contribution in [1.82, 2.24) is 4.90 Å². The van der Waals surface area contributed by atoms with Crippen LogP contribution in [0.15, 0.2) is 24.3 Å². The minimum atomic E-state index is -0.144. The number of nitrogens with zero attached hydrogens (tertiary/aromatic N) is 2. The van der Waals surface area contributed by atoms with Crippen LogP contribution >= 0.6 is 15.9 Å². The summed E-state index contributed by atoms with van der Waals surface area (Å²) in [4.78, 5) is 15.2. The summed E-state index contributed by atoms with van der Waals surface area (Å²) in [6.45, 7) is 0.622. The second kappa shape index (κ2) is 5.59. The molecule has 1 amide bonds. The smallest absolute Gasteiger partial charge is 0.228 e. The van der Waals surface area contributed by atoms with E-state index in [-0.39, 0.29) is 9.74 Å². The number of rotatable bonds is 3. The molecular formula is C20H23BrN2O. The Morgan fingerprint density at radius 2 is 1.88 bits per heavy atom. The van der Waals surface area contributed by atoms with E-state index in [1.165, 1.54) is 19.3 Å². The van der Waals surface area contributed by atoms with Gasteiger partial charge in [0.05, 0.1) is 17.0 Å². The molecule has 126 valence electrons. The molecule has 2 unspecified atom stereocenters. The van der Waals surface area contributed by atoms with Gasteiger partial charge in [0, 0.05) is 17.9 Å². The van der Waals surface area contributed by atoms with Crippen LogP contribution < -0.4 is 0 Å². The van der Waals surface area contributed by atoms with Gasteiger partial charge in [0.15, 0.2) is 0 Å². The Kier molecular flexibility index (Phi) is 3.76. The van der Waals surface area contributed by atoms with Crippen LogP contribution in [0.5, 0.6) is 0 Å². The van der Waals surface area contributed by atoms with Crippen molar-refractivity contribution < 1.29 is 4.79 Å². The Morgan fingerprint density at radius 1 is 1.25 bits per heavy atom. The number of hydrogen-bond donors (Lipinski definition) is 0. The van der Waals surface area contributed by atoms with E-state index in [0.29, 0.717) is 18.0 Å². The zero-order valence-corrected chi connectivity index (χ0v) is 15.7. The number of benzene rings is 1. The lowest BCUT2D eigenvalue weighted by Gasteiger charge is -2.60. The molecule has 1 aromatic carbocycles. The van der Waals surface area contributed by atoms with Crippen LogP contribution in [0.25, 0.3) is 0 Å². The number of alkyl halides is 1. The molecule has 5 rings (SSSR count). The molecule has 4 saturated carbocycles. The van der Waals surface area contributed by atoms with Gasteiger partial charge < -0.3 is 4.90 Å². The van der Waals surface area contributed by atoms with Crippen molar-refractivity contribution in [2.45, 2.75) is 49.4 Å². The van der Waals surface area contributed by atoms with Crippen molar-refractivity contribution in [3.63, 3.8) is 0 Å². The molecule has 0 aromatic heterocycles. The molecule has 2 atom stereocenters. The zero-order valence-electron chi connectivity index (χ0n) is 14.1. The van der Waals surface area contributed by atoms with Crippen LogP contribution in [0.2, 0.25) is 0 Å². The monoisotopic (exact) mass is 386 g/mol. The zero-order chi connectivity index (χ0) is 16.9. The lowest BCUT2D eigenvalue weighted by molar-refractivity contribution is -0.154. The second-order valence-corrected chi connectivity index (χ2v) is 10.0. The highest BCUT2D eigenvalue weighted by molar-refractivity contribution is 9.10. The van der Waals surface area contributed by atoms with Crippen LogP contribution in [0.4, 0.5) is 0 Å².